The maximum absolute atomic E-state index is 11.6. The molecule has 14 heavy (non-hydrogen) atoms. The predicted octanol–water partition coefficient (Wildman–Crippen LogP) is 1.20. The Hall–Kier alpha value is -1.32. The minimum atomic E-state index is -1.23. The Morgan fingerprint density at radius 1 is 1.64 bits per heavy atom. The van der Waals surface area contributed by atoms with Crippen molar-refractivity contribution in [3.05, 3.63) is 12.2 Å². The topological polar surface area (TPSA) is 52.6 Å². The third kappa shape index (κ3) is 1.52. The van der Waals surface area contributed by atoms with Gasteiger partial charge in [-0.05, 0) is 18.9 Å². The smallest absolute Gasteiger partial charge is 0.355 e. The van der Waals surface area contributed by atoms with Crippen molar-refractivity contribution in [2.24, 2.45) is 0 Å². The molecule has 4 nitrogen and oxygen atoms in total. The molecular weight excluding hydrogens is 184 g/mol. The number of hydrogen-bond acceptors (Lipinski definition) is 4. The summed E-state index contributed by atoms with van der Waals surface area (Å²) >= 11 is 0. The molecule has 4 heteroatoms. The van der Waals surface area contributed by atoms with E-state index in [4.69, 9.17) is 9.47 Å². The van der Waals surface area contributed by atoms with Gasteiger partial charge in [0.1, 0.15) is 0 Å². The molecule has 0 aromatic heterocycles. The van der Waals surface area contributed by atoms with Crippen LogP contribution in [-0.2, 0) is 19.1 Å². The maximum atomic E-state index is 11.6. The fraction of sp³-hybridized carbons (Fsp3) is 0.600. The Bertz CT molecular complexity index is 282. The molecule has 0 aromatic carbocycles. The van der Waals surface area contributed by atoms with Crippen molar-refractivity contribution in [3.63, 3.8) is 0 Å². The molecule has 1 atom stereocenters. The lowest BCUT2D eigenvalue weighted by Crippen LogP contribution is -2.40. The van der Waals surface area contributed by atoms with Crippen molar-refractivity contribution in [2.75, 3.05) is 6.61 Å². The molecule has 1 aliphatic rings. The normalized spacial score (nSPS) is 26.1. The molecule has 1 unspecified atom stereocenters. The molecule has 1 heterocycles. The van der Waals surface area contributed by atoms with Crippen molar-refractivity contribution in [3.8, 4) is 0 Å². The van der Waals surface area contributed by atoms with E-state index in [1.165, 1.54) is 0 Å². The quantitative estimate of drug-likeness (QED) is 0.505. The second kappa shape index (κ2) is 3.82. The van der Waals surface area contributed by atoms with E-state index in [2.05, 4.69) is 6.58 Å². The fourth-order valence-corrected chi connectivity index (χ4v) is 1.52. The van der Waals surface area contributed by atoms with Crippen molar-refractivity contribution in [2.45, 2.75) is 32.3 Å². The van der Waals surface area contributed by atoms with Crippen LogP contribution >= 0.6 is 0 Å². The van der Waals surface area contributed by atoms with Crippen LogP contribution < -0.4 is 0 Å². The number of carbonyl (C=O) groups is 2. The summed E-state index contributed by atoms with van der Waals surface area (Å²) in [7, 11) is 0. The molecule has 0 saturated carbocycles. The number of hydrogen-bond donors (Lipinski definition) is 0. The number of ether oxygens (including phenoxy) is 2. The summed E-state index contributed by atoms with van der Waals surface area (Å²) in [4.78, 5) is 22.6. The molecule has 1 fully saturated rings. The summed E-state index contributed by atoms with van der Waals surface area (Å²) in [6.07, 6.45) is 0.475. The Labute approximate surface area is 82.9 Å². The van der Waals surface area contributed by atoms with Crippen molar-refractivity contribution < 1.29 is 19.1 Å². The highest BCUT2D eigenvalue weighted by Gasteiger charge is 2.50. The molecule has 1 rings (SSSR count). The molecule has 1 aliphatic heterocycles. The zero-order valence-electron chi connectivity index (χ0n) is 8.46. The van der Waals surface area contributed by atoms with Crippen LogP contribution in [0.3, 0.4) is 0 Å². The zero-order chi connectivity index (χ0) is 10.8. The molecule has 0 N–H and O–H groups in total. The summed E-state index contributed by atoms with van der Waals surface area (Å²) in [5.41, 5.74) is -0.740. The average molecular weight is 198 g/mol. The molecule has 0 aliphatic carbocycles. The lowest BCUT2D eigenvalue weighted by molar-refractivity contribution is -0.171. The van der Waals surface area contributed by atoms with Gasteiger partial charge in [0.2, 0.25) is 5.60 Å². The van der Waals surface area contributed by atoms with E-state index in [1.54, 1.807) is 13.8 Å². The highest BCUT2D eigenvalue weighted by atomic mass is 16.6. The second-order valence-electron chi connectivity index (χ2n) is 3.16. The Balaban J connectivity index is 2.91. The number of rotatable bonds is 3. The van der Waals surface area contributed by atoms with E-state index in [9.17, 15) is 9.59 Å². The molecule has 0 radical (unpaired) electrons. The van der Waals surface area contributed by atoms with Crippen molar-refractivity contribution >= 4 is 11.9 Å². The van der Waals surface area contributed by atoms with Crippen LogP contribution in [0.5, 0.6) is 0 Å². The van der Waals surface area contributed by atoms with Gasteiger partial charge in [-0.25, -0.2) is 4.79 Å². The van der Waals surface area contributed by atoms with Gasteiger partial charge < -0.3 is 9.47 Å². The first-order valence-electron chi connectivity index (χ1n) is 4.64. The first kappa shape index (κ1) is 10.8. The van der Waals surface area contributed by atoms with Crippen LogP contribution in [0.15, 0.2) is 12.2 Å². The number of carbonyl (C=O) groups excluding carboxylic acids is 2. The van der Waals surface area contributed by atoms with Crippen LogP contribution in [0.4, 0.5) is 0 Å². The first-order chi connectivity index (χ1) is 6.56. The summed E-state index contributed by atoms with van der Waals surface area (Å²) in [6.45, 7) is 7.43. The van der Waals surface area contributed by atoms with Gasteiger partial charge in [0.25, 0.3) is 0 Å². The molecule has 0 amide bonds. The van der Waals surface area contributed by atoms with E-state index < -0.39 is 17.5 Å². The zero-order valence-corrected chi connectivity index (χ0v) is 8.46. The Morgan fingerprint density at radius 3 is 2.64 bits per heavy atom. The van der Waals surface area contributed by atoms with E-state index >= 15 is 0 Å². The summed E-state index contributed by atoms with van der Waals surface area (Å²) < 4.78 is 9.87. The number of esters is 2. The van der Waals surface area contributed by atoms with Crippen LogP contribution in [0.1, 0.15) is 26.7 Å². The summed E-state index contributed by atoms with van der Waals surface area (Å²) in [5.74, 6) is -0.928. The minimum absolute atomic E-state index is 0.104. The largest absolute Gasteiger partial charge is 0.463 e. The molecule has 1 saturated heterocycles. The summed E-state index contributed by atoms with van der Waals surface area (Å²) in [6, 6.07) is 0. The van der Waals surface area contributed by atoms with Gasteiger partial charge in [0, 0.05) is 0 Å². The van der Waals surface area contributed by atoms with Gasteiger partial charge in [-0.15, -0.1) is 0 Å². The van der Waals surface area contributed by atoms with Crippen LogP contribution in [-0.4, -0.2) is 24.1 Å². The Morgan fingerprint density at radius 2 is 2.29 bits per heavy atom. The van der Waals surface area contributed by atoms with Crippen molar-refractivity contribution in [1.29, 1.82) is 0 Å². The molecule has 0 bridgehead atoms. The highest BCUT2D eigenvalue weighted by Crippen LogP contribution is 2.35. The SMILES string of the molecule is C=C1CC(=O)OC1(CC)C(=O)OCC. The van der Waals surface area contributed by atoms with Gasteiger partial charge in [-0.2, -0.15) is 0 Å². The predicted molar refractivity (Wildman–Crippen MR) is 49.5 cm³/mol. The van der Waals surface area contributed by atoms with E-state index in [0.29, 0.717) is 12.0 Å². The lowest BCUT2D eigenvalue weighted by Gasteiger charge is -2.24. The standard InChI is InChI=1S/C10H14O4/c1-4-10(9(12)13-5-2)7(3)6-8(11)14-10/h3-6H2,1-2H3. The lowest BCUT2D eigenvalue weighted by atomic mass is 9.92. The van der Waals surface area contributed by atoms with Gasteiger partial charge in [0.15, 0.2) is 0 Å². The Kier molecular flexibility index (Phi) is 2.93. The third-order valence-corrected chi connectivity index (χ3v) is 2.32. The average Bonchev–Trinajstić information content (AvgIpc) is 2.42. The van der Waals surface area contributed by atoms with Gasteiger partial charge >= 0.3 is 11.9 Å². The molecule has 0 spiro atoms. The third-order valence-electron chi connectivity index (χ3n) is 2.32. The highest BCUT2D eigenvalue weighted by molar-refractivity contribution is 5.92. The van der Waals surface area contributed by atoms with Crippen molar-refractivity contribution in [1.82, 2.24) is 0 Å². The fourth-order valence-electron chi connectivity index (χ4n) is 1.52. The molecular formula is C10H14O4. The van der Waals surface area contributed by atoms with E-state index in [1.807, 2.05) is 0 Å². The van der Waals surface area contributed by atoms with Gasteiger partial charge in [-0.3, -0.25) is 4.79 Å². The van der Waals surface area contributed by atoms with E-state index in [-0.39, 0.29) is 13.0 Å². The molecule has 78 valence electrons. The molecule has 0 aromatic rings. The minimum Gasteiger partial charge on any atom is -0.463 e. The number of cyclic esters (lactones) is 1. The maximum Gasteiger partial charge on any atom is 0.355 e. The van der Waals surface area contributed by atoms with Crippen LogP contribution in [0, 0.1) is 0 Å². The second-order valence-corrected chi connectivity index (χ2v) is 3.16. The van der Waals surface area contributed by atoms with E-state index in [0.717, 1.165) is 0 Å². The van der Waals surface area contributed by atoms with Crippen LogP contribution in [0.25, 0.3) is 0 Å². The van der Waals surface area contributed by atoms with Gasteiger partial charge in [0.05, 0.1) is 13.0 Å². The van der Waals surface area contributed by atoms with Crippen LogP contribution in [0.2, 0.25) is 0 Å². The summed E-state index contributed by atoms with van der Waals surface area (Å²) in [5, 5.41) is 0. The monoisotopic (exact) mass is 198 g/mol. The first-order valence-corrected chi connectivity index (χ1v) is 4.64. The van der Waals surface area contributed by atoms with Gasteiger partial charge in [-0.1, -0.05) is 13.5 Å².